The smallest absolute Gasteiger partial charge is 0.371 e. The molecular weight excluding hydrogens is 254 g/mol. The summed E-state index contributed by atoms with van der Waals surface area (Å²) in [6.45, 7) is 9.61. The predicted octanol–water partition coefficient (Wildman–Crippen LogP) is 4.23. The van der Waals surface area contributed by atoms with Crippen LogP contribution in [0, 0.1) is 5.41 Å². The number of carboxylic acids is 1. The van der Waals surface area contributed by atoms with Crippen molar-refractivity contribution in [2.24, 2.45) is 5.41 Å². The monoisotopic (exact) mass is 281 g/mol. The standard InChI is InChI=1S/C16H27NO3/c1-5-6-7-10-16(3,4)11-17-12(2)13-8-9-14(20-13)15(18)19/h8-9,12,17H,5-7,10-11H2,1-4H3,(H,18,19). The van der Waals surface area contributed by atoms with Crippen LogP contribution in [0.3, 0.4) is 0 Å². The zero-order chi connectivity index (χ0) is 15.2. The van der Waals surface area contributed by atoms with Crippen LogP contribution in [-0.2, 0) is 0 Å². The largest absolute Gasteiger partial charge is 0.475 e. The predicted molar refractivity (Wildman–Crippen MR) is 80.0 cm³/mol. The molecule has 0 aliphatic carbocycles. The Morgan fingerprint density at radius 1 is 1.40 bits per heavy atom. The quantitative estimate of drug-likeness (QED) is 0.665. The first-order valence-electron chi connectivity index (χ1n) is 7.42. The van der Waals surface area contributed by atoms with Gasteiger partial charge in [0.05, 0.1) is 6.04 Å². The van der Waals surface area contributed by atoms with Gasteiger partial charge in [0.15, 0.2) is 0 Å². The highest BCUT2D eigenvalue weighted by Crippen LogP contribution is 2.24. The lowest BCUT2D eigenvalue weighted by Gasteiger charge is -2.26. The first kappa shape index (κ1) is 16.8. The fourth-order valence-corrected chi connectivity index (χ4v) is 2.17. The van der Waals surface area contributed by atoms with Crippen molar-refractivity contribution in [2.45, 2.75) is 59.4 Å². The number of rotatable bonds is 9. The molecule has 1 unspecified atom stereocenters. The van der Waals surface area contributed by atoms with Gasteiger partial charge >= 0.3 is 5.97 Å². The number of nitrogens with one attached hydrogen (secondary N) is 1. The second-order valence-corrected chi connectivity index (χ2v) is 6.23. The lowest BCUT2D eigenvalue weighted by Crippen LogP contribution is -2.31. The van der Waals surface area contributed by atoms with E-state index in [-0.39, 0.29) is 17.2 Å². The van der Waals surface area contributed by atoms with E-state index in [0.717, 1.165) is 6.54 Å². The number of furan rings is 1. The van der Waals surface area contributed by atoms with Crippen LogP contribution in [0.15, 0.2) is 16.5 Å². The molecule has 2 N–H and O–H groups in total. The molecule has 4 heteroatoms. The van der Waals surface area contributed by atoms with Crippen LogP contribution in [0.25, 0.3) is 0 Å². The van der Waals surface area contributed by atoms with Crippen LogP contribution in [-0.4, -0.2) is 17.6 Å². The summed E-state index contributed by atoms with van der Waals surface area (Å²) >= 11 is 0. The molecule has 20 heavy (non-hydrogen) atoms. The van der Waals surface area contributed by atoms with Gasteiger partial charge in [0.25, 0.3) is 0 Å². The van der Waals surface area contributed by atoms with Crippen LogP contribution < -0.4 is 5.32 Å². The van der Waals surface area contributed by atoms with E-state index >= 15 is 0 Å². The molecule has 114 valence electrons. The number of hydrogen-bond acceptors (Lipinski definition) is 3. The summed E-state index contributed by atoms with van der Waals surface area (Å²) in [5.41, 5.74) is 0.242. The summed E-state index contributed by atoms with van der Waals surface area (Å²) in [4.78, 5) is 10.8. The SMILES string of the molecule is CCCCCC(C)(C)CNC(C)c1ccc(C(=O)O)o1. The Labute approximate surface area is 121 Å². The molecule has 0 amide bonds. The summed E-state index contributed by atoms with van der Waals surface area (Å²) in [6.07, 6.45) is 4.96. The van der Waals surface area contributed by atoms with Crippen molar-refractivity contribution in [2.75, 3.05) is 6.54 Å². The Balaban J connectivity index is 2.45. The maximum absolute atomic E-state index is 10.8. The number of carbonyl (C=O) groups is 1. The Hall–Kier alpha value is -1.29. The summed E-state index contributed by atoms with van der Waals surface area (Å²) in [7, 11) is 0. The van der Waals surface area contributed by atoms with E-state index in [9.17, 15) is 4.79 Å². The number of hydrogen-bond donors (Lipinski definition) is 2. The Morgan fingerprint density at radius 2 is 2.10 bits per heavy atom. The van der Waals surface area contributed by atoms with Crippen LogP contribution in [0.5, 0.6) is 0 Å². The van der Waals surface area contributed by atoms with E-state index in [4.69, 9.17) is 9.52 Å². The molecule has 1 heterocycles. The second kappa shape index (κ2) is 7.48. The first-order valence-corrected chi connectivity index (χ1v) is 7.42. The lowest BCUT2D eigenvalue weighted by atomic mass is 9.86. The summed E-state index contributed by atoms with van der Waals surface area (Å²) in [5.74, 6) is -0.356. The van der Waals surface area contributed by atoms with E-state index in [1.54, 1.807) is 6.07 Å². The van der Waals surface area contributed by atoms with Crippen molar-refractivity contribution < 1.29 is 14.3 Å². The van der Waals surface area contributed by atoms with E-state index in [1.165, 1.54) is 31.7 Å². The molecular formula is C16H27NO3. The Bertz CT molecular complexity index is 423. The minimum absolute atomic E-state index is 0.00384. The summed E-state index contributed by atoms with van der Waals surface area (Å²) < 4.78 is 5.31. The summed E-state index contributed by atoms with van der Waals surface area (Å²) in [5, 5.41) is 12.3. The molecule has 0 saturated heterocycles. The molecule has 4 nitrogen and oxygen atoms in total. The zero-order valence-electron chi connectivity index (χ0n) is 13.0. The normalized spacial score (nSPS) is 13.4. The molecule has 1 atom stereocenters. The van der Waals surface area contributed by atoms with Crippen molar-refractivity contribution in [3.05, 3.63) is 23.7 Å². The fourth-order valence-electron chi connectivity index (χ4n) is 2.17. The van der Waals surface area contributed by atoms with Gasteiger partial charge in [0.1, 0.15) is 5.76 Å². The topological polar surface area (TPSA) is 62.5 Å². The second-order valence-electron chi connectivity index (χ2n) is 6.23. The molecule has 1 rings (SSSR count). The van der Waals surface area contributed by atoms with Crippen LogP contribution >= 0.6 is 0 Å². The molecule has 0 radical (unpaired) electrons. The number of carboxylic acid groups (broad SMARTS) is 1. The highest BCUT2D eigenvalue weighted by molar-refractivity contribution is 5.84. The Morgan fingerprint density at radius 3 is 2.65 bits per heavy atom. The van der Waals surface area contributed by atoms with Gasteiger partial charge in [-0.2, -0.15) is 0 Å². The third kappa shape index (κ3) is 5.37. The van der Waals surface area contributed by atoms with Crippen molar-refractivity contribution in [1.82, 2.24) is 5.32 Å². The van der Waals surface area contributed by atoms with Crippen molar-refractivity contribution in [1.29, 1.82) is 0 Å². The van der Waals surface area contributed by atoms with Gasteiger partial charge in [0, 0.05) is 6.54 Å². The molecule has 0 saturated carbocycles. The van der Waals surface area contributed by atoms with E-state index < -0.39 is 5.97 Å². The third-order valence-corrected chi connectivity index (χ3v) is 3.61. The highest BCUT2D eigenvalue weighted by Gasteiger charge is 2.20. The van der Waals surface area contributed by atoms with Crippen molar-refractivity contribution in [3.8, 4) is 0 Å². The van der Waals surface area contributed by atoms with Gasteiger partial charge in [-0.1, -0.05) is 40.0 Å². The average molecular weight is 281 g/mol. The molecule has 0 aliphatic rings. The van der Waals surface area contributed by atoms with Crippen molar-refractivity contribution >= 4 is 5.97 Å². The Kier molecular flexibility index (Phi) is 6.27. The van der Waals surface area contributed by atoms with Gasteiger partial charge < -0.3 is 14.8 Å². The lowest BCUT2D eigenvalue weighted by molar-refractivity contribution is 0.0659. The molecule has 0 bridgehead atoms. The van der Waals surface area contributed by atoms with Crippen LogP contribution in [0.2, 0.25) is 0 Å². The fraction of sp³-hybridized carbons (Fsp3) is 0.688. The maximum atomic E-state index is 10.8. The maximum Gasteiger partial charge on any atom is 0.371 e. The minimum Gasteiger partial charge on any atom is -0.475 e. The van der Waals surface area contributed by atoms with Gasteiger partial charge in [-0.25, -0.2) is 4.79 Å². The molecule has 1 aromatic rings. The van der Waals surface area contributed by atoms with E-state index in [2.05, 4.69) is 26.1 Å². The van der Waals surface area contributed by atoms with Gasteiger partial charge in [-0.15, -0.1) is 0 Å². The first-order chi connectivity index (χ1) is 9.35. The van der Waals surface area contributed by atoms with E-state index in [0.29, 0.717) is 5.76 Å². The zero-order valence-corrected chi connectivity index (χ0v) is 13.0. The molecule has 0 aliphatic heterocycles. The third-order valence-electron chi connectivity index (χ3n) is 3.61. The number of aromatic carboxylic acids is 1. The van der Waals surface area contributed by atoms with Crippen molar-refractivity contribution in [3.63, 3.8) is 0 Å². The minimum atomic E-state index is -1.02. The van der Waals surface area contributed by atoms with Gasteiger partial charge in [0.2, 0.25) is 5.76 Å². The molecule has 1 aromatic heterocycles. The van der Waals surface area contributed by atoms with Crippen LogP contribution in [0.1, 0.15) is 75.7 Å². The molecule has 0 spiro atoms. The van der Waals surface area contributed by atoms with Gasteiger partial charge in [-0.05, 0) is 30.9 Å². The number of unbranched alkanes of at least 4 members (excludes halogenated alkanes) is 2. The van der Waals surface area contributed by atoms with Crippen LogP contribution in [0.4, 0.5) is 0 Å². The highest BCUT2D eigenvalue weighted by atomic mass is 16.4. The molecule has 0 fully saturated rings. The summed E-state index contributed by atoms with van der Waals surface area (Å²) in [6, 6.07) is 3.25. The molecule has 0 aromatic carbocycles. The van der Waals surface area contributed by atoms with Gasteiger partial charge in [-0.3, -0.25) is 0 Å². The van der Waals surface area contributed by atoms with E-state index in [1.807, 2.05) is 6.92 Å². The average Bonchev–Trinajstić information content (AvgIpc) is 2.86.